The van der Waals surface area contributed by atoms with Crippen LogP contribution in [0.5, 0.6) is 0 Å². The third-order valence-corrected chi connectivity index (χ3v) is 18.8. The van der Waals surface area contributed by atoms with Gasteiger partial charge in [-0.15, -0.1) is 0 Å². The second kappa shape index (κ2) is 18.9. The normalized spacial score (nSPS) is 13.5. The molecule has 5 heteroatoms. The van der Waals surface area contributed by atoms with E-state index in [4.69, 9.17) is 15.0 Å². The van der Waals surface area contributed by atoms with Crippen molar-refractivity contribution in [3.05, 3.63) is 295 Å². The highest BCUT2D eigenvalue weighted by molar-refractivity contribution is 6.11. The molecule has 3 aromatic heterocycles. The van der Waals surface area contributed by atoms with Crippen molar-refractivity contribution in [1.29, 1.82) is 0 Å². The number of hydrogen-bond acceptors (Lipinski definition) is 3. The lowest BCUT2D eigenvalue weighted by atomic mass is 9.81. The van der Waals surface area contributed by atoms with Gasteiger partial charge in [-0.25, -0.2) is 0 Å². The molecule has 86 heavy (non-hydrogen) atoms. The molecule has 2 aliphatic rings. The molecule has 17 rings (SSSR count). The SMILES string of the molecule is CC1(C)c2ccccc2-c2ccc(-c3ccc4c5ccccc5n(-c5nc(-c6cccc(-c7cc(-c8ccccc8)cc(-c8ccccc8)c7)c6)nc(-n6c7ccccc7c7ccc(-c8ccc9c(c8)C(C)(C)c8ccccc8-9)cc76)n5)c4c3)cc21. The molecule has 0 atom stereocenters. The Morgan fingerprint density at radius 1 is 0.233 bits per heavy atom. The van der Waals surface area contributed by atoms with Crippen LogP contribution in [0, 0.1) is 0 Å². The number of hydrogen-bond donors (Lipinski definition) is 0. The maximum Gasteiger partial charge on any atom is 0.240 e. The third kappa shape index (κ3) is 7.67. The zero-order chi connectivity index (χ0) is 57.4. The van der Waals surface area contributed by atoms with Gasteiger partial charge in [0.1, 0.15) is 0 Å². The van der Waals surface area contributed by atoms with Crippen molar-refractivity contribution in [2.45, 2.75) is 38.5 Å². The lowest BCUT2D eigenvalue weighted by Gasteiger charge is -2.22. The Hall–Kier alpha value is -10.8. The highest BCUT2D eigenvalue weighted by atomic mass is 15.3. The largest absolute Gasteiger partial charge is 0.278 e. The molecule has 5 nitrogen and oxygen atoms in total. The maximum absolute atomic E-state index is 5.70. The second-order valence-corrected chi connectivity index (χ2v) is 24.4. The van der Waals surface area contributed by atoms with Crippen LogP contribution in [0.4, 0.5) is 0 Å². The molecule has 0 saturated heterocycles. The number of nitrogens with zero attached hydrogens (tertiary/aromatic N) is 5. The first kappa shape index (κ1) is 49.8. The fourth-order valence-corrected chi connectivity index (χ4v) is 14.4. The average molecular weight is 1100 g/mol. The zero-order valence-electron chi connectivity index (χ0n) is 48.2. The van der Waals surface area contributed by atoms with Crippen LogP contribution in [0.25, 0.3) is 145 Å². The number of fused-ring (bicyclic) bond motifs is 12. The molecule has 0 unspecified atom stereocenters. The zero-order valence-corrected chi connectivity index (χ0v) is 48.2. The van der Waals surface area contributed by atoms with Gasteiger partial charge in [-0.2, -0.15) is 15.0 Å². The van der Waals surface area contributed by atoms with Crippen molar-refractivity contribution in [1.82, 2.24) is 24.1 Å². The summed E-state index contributed by atoms with van der Waals surface area (Å²) in [4.78, 5) is 17.0. The molecule has 0 fully saturated rings. The van der Waals surface area contributed by atoms with Gasteiger partial charge in [-0.1, -0.05) is 240 Å². The fourth-order valence-electron chi connectivity index (χ4n) is 14.4. The van der Waals surface area contributed by atoms with E-state index < -0.39 is 0 Å². The molecule has 2 aliphatic carbocycles. The van der Waals surface area contributed by atoms with Crippen LogP contribution in [0.3, 0.4) is 0 Å². The van der Waals surface area contributed by atoms with Crippen molar-refractivity contribution >= 4 is 43.6 Å². The van der Waals surface area contributed by atoms with E-state index in [-0.39, 0.29) is 10.8 Å². The molecular weight excluding hydrogens is 1040 g/mol. The first-order valence-electron chi connectivity index (χ1n) is 29.8. The van der Waals surface area contributed by atoms with Crippen LogP contribution in [-0.2, 0) is 10.8 Å². The molecule has 0 spiro atoms. The highest BCUT2D eigenvalue weighted by Crippen LogP contribution is 2.52. The van der Waals surface area contributed by atoms with Crippen molar-refractivity contribution in [3.63, 3.8) is 0 Å². The molecule has 12 aromatic carbocycles. The summed E-state index contributed by atoms with van der Waals surface area (Å²) in [6.07, 6.45) is 0. The van der Waals surface area contributed by atoms with Crippen LogP contribution < -0.4 is 0 Å². The molecule has 0 N–H and O–H groups in total. The van der Waals surface area contributed by atoms with Gasteiger partial charge in [0.2, 0.25) is 11.9 Å². The van der Waals surface area contributed by atoms with E-state index >= 15 is 0 Å². The molecule has 0 amide bonds. The van der Waals surface area contributed by atoms with Gasteiger partial charge >= 0.3 is 0 Å². The third-order valence-electron chi connectivity index (χ3n) is 18.8. The van der Waals surface area contributed by atoms with Gasteiger partial charge in [0.05, 0.1) is 22.1 Å². The van der Waals surface area contributed by atoms with Crippen molar-refractivity contribution in [2.24, 2.45) is 0 Å². The Labute approximate surface area is 499 Å². The molecule has 3 heterocycles. The van der Waals surface area contributed by atoms with E-state index in [9.17, 15) is 0 Å². The maximum atomic E-state index is 5.70. The predicted octanol–water partition coefficient (Wildman–Crippen LogP) is 20.7. The van der Waals surface area contributed by atoms with E-state index in [1.54, 1.807) is 0 Å². The lowest BCUT2D eigenvalue weighted by molar-refractivity contribution is 0.660. The molecule has 406 valence electrons. The van der Waals surface area contributed by atoms with E-state index in [2.05, 4.69) is 310 Å². The van der Waals surface area contributed by atoms with Gasteiger partial charge in [0.15, 0.2) is 5.82 Å². The monoisotopic (exact) mass is 1100 g/mol. The number of para-hydroxylation sites is 2. The van der Waals surface area contributed by atoms with E-state index in [1.807, 2.05) is 0 Å². The van der Waals surface area contributed by atoms with Gasteiger partial charge < -0.3 is 0 Å². The summed E-state index contributed by atoms with van der Waals surface area (Å²) in [6.45, 7) is 9.40. The Bertz CT molecular complexity index is 4990. The van der Waals surface area contributed by atoms with Crippen molar-refractivity contribution < 1.29 is 0 Å². The molecule has 0 bridgehead atoms. The first-order chi connectivity index (χ1) is 42.1. The molecule has 15 aromatic rings. The van der Waals surface area contributed by atoms with Crippen LogP contribution >= 0.6 is 0 Å². The number of benzene rings is 12. The van der Waals surface area contributed by atoms with Crippen LogP contribution in [0.15, 0.2) is 273 Å². The molecule has 0 aliphatic heterocycles. The van der Waals surface area contributed by atoms with Gasteiger partial charge in [0, 0.05) is 37.9 Å². The Balaban J connectivity index is 0.887. The standard InChI is InChI=1S/C81H57N5/c1-80(2)69-30-15-11-26-61(69)63-38-34-53(46-71(63)80)55-36-40-67-65-28-13-17-32-73(65)85(75(67)48-55)78-82-77(57-25-19-24-52(42-57)60-44-58(50-20-7-5-8-21-50)43-59(45-60)51-22-9-6-10-23-51)83-79(84-78)86-74-33-18-14-29-66(74)68-41-37-56(49-76(68)86)54-35-39-64-62-27-12-16-31-70(62)81(3,4)72(64)47-54/h5-49H,1-4H3. The fraction of sp³-hybridized carbons (Fsp3) is 0.0741. The number of aromatic nitrogens is 5. The van der Waals surface area contributed by atoms with Crippen LogP contribution in [-0.4, -0.2) is 24.1 Å². The van der Waals surface area contributed by atoms with E-state index in [1.165, 1.54) is 55.6 Å². The minimum atomic E-state index is -0.136. The summed E-state index contributed by atoms with van der Waals surface area (Å²) in [7, 11) is 0. The second-order valence-electron chi connectivity index (χ2n) is 24.4. The molecule has 0 radical (unpaired) electrons. The van der Waals surface area contributed by atoms with Crippen molar-refractivity contribution in [2.75, 3.05) is 0 Å². The van der Waals surface area contributed by atoms with Gasteiger partial charge in [-0.3, -0.25) is 9.13 Å². The summed E-state index contributed by atoms with van der Waals surface area (Å²) in [5.74, 6) is 1.63. The summed E-state index contributed by atoms with van der Waals surface area (Å²) >= 11 is 0. The Morgan fingerprint density at radius 2 is 0.581 bits per heavy atom. The average Bonchev–Trinajstić information content (AvgIpc) is 1.72. The smallest absolute Gasteiger partial charge is 0.240 e. The van der Waals surface area contributed by atoms with Crippen LogP contribution in [0.1, 0.15) is 49.9 Å². The molecule has 0 saturated carbocycles. The lowest BCUT2D eigenvalue weighted by Crippen LogP contribution is -2.14. The topological polar surface area (TPSA) is 48.5 Å². The van der Waals surface area contributed by atoms with Crippen LogP contribution in [0.2, 0.25) is 0 Å². The summed E-state index contributed by atoms with van der Waals surface area (Å²) in [6, 6.07) is 99.8. The minimum Gasteiger partial charge on any atom is -0.278 e. The summed E-state index contributed by atoms with van der Waals surface area (Å²) < 4.78 is 4.53. The number of rotatable bonds is 8. The Morgan fingerprint density at radius 3 is 1.08 bits per heavy atom. The quantitative estimate of drug-likeness (QED) is 0.152. The Kier molecular flexibility index (Phi) is 10.9. The van der Waals surface area contributed by atoms with E-state index in [0.29, 0.717) is 17.7 Å². The van der Waals surface area contributed by atoms with E-state index in [0.717, 1.165) is 93.7 Å². The first-order valence-corrected chi connectivity index (χ1v) is 29.8. The highest BCUT2D eigenvalue weighted by Gasteiger charge is 2.37. The minimum absolute atomic E-state index is 0.136. The molecular formula is C81H57N5. The van der Waals surface area contributed by atoms with Gasteiger partial charge in [-0.05, 0) is 161 Å². The predicted molar refractivity (Wildman–Crippen MR) is 356 cm³/mol. The summed E-state index contributed by atoms with van der Waals surface area (Å²) in [5, 5.41) is 4.50. The van der Waals surface area contributed by atoms with Gasteiger partial charge in [0.25, 0.3) is 0 Å². The summed E-state index contributed by atoms with van der Waals surface area (Å²) in [5.41, 5.74) is 26.7. The van der Waals surface area contributed by atoms with Crippen molar-refractivity contribution in [3.8, 4) is 101 Å².